The van der Waals surface area contributed by atoms with E-state index < -0.39 is 35.5 Å². The summed E-state index contributed by atoms with van der Waals surface area (Å²) in [7, 11) is 0. The zero-order chi connectivity index (χ0) is 15.5. The highest BCUT2D eigenvalue weighted by Gasteiger charge is 2.61. The van der Waals surface area contributed by atoms with Crippen LogP contribution in [0, 0.1) is 5.82 Å². The molecular weight excluding hydrogens is 359 g/mol. The lowest BCUT2D eigenvalue weighted by Gasteiger charge is -2.46. The van der Waals surface area contributed by atoms with E-state index in [9.17, 15) is 14.0 Å². The Hall–Kier alpha value is -1.67. The van der Waals surface area contributed by atoms with Gasteiger partial charge in [-0.3, -0.25) is 10.1 Å². The average molecular weight is 371 g/mol. The van der Waals surface area contributed by atoms with Crippen LogP contribution in [-0.2, 0) is 15.1 Å². The number of benzene rings is 1. The largest absolute Gasteiger partial charge is 0.487 e. The van der Waals surface area contributed by atoms with E-state index in [0.717, 1.165) is 6.42 Å². The number of carbonyl (C=O) groups is 2. The minimum Gasteiger partial charge on any atom is -0.487 e. The Bertz CT molecular complexity index is 698. The standard InChI is InChI=1S/C14H12BrFN2O4/c15-7-4-6-10(5-8(7)16)22-9-2-1-3-21-11(9)14(6)12(19)17-13(20)18-14/h4-5,9,11H,1-3H2,(H2,17,18,19,20)/t9-,11-,14-/m0/s1. The second-order valence-electron chi connectivity index (χ2n) is 5.57. The van der Waals surface area contributed by atoms with Gasteiger partial charge in [0.2, 0.25) is 0 Å². The van der Waals surface area contributed by atoms with E-state index in [-0.39, 0.29) is 10.2 Å². The summed E-state index contributed by atoms with van der Waals surface area (Å²) in [5.41, 5.74) is -0.987. The van der Waals surface area contributed by atoms with Gasteiger partial charge in [-0.25, -0.2) is 9.18 Å². The maximum absolute atomic E-state index is 13.8. The van der Waals surface area contributed by atoms with Crippen molar-refractivity contribution >= 4 is 27.9 Å². The molecule has 4 rings (SSSR count). The highest BCUT2D eigenvalue weighted by molar-refractivity contribution is 9.10. The fraction of sp³-hybridized carbons (Fsp3) is 0.429. The van der Waals surface area contributed by atoms with Gasteiger partial charge in [0, 0.05) is 18.2 Å². The van der Waals surface area contributed by atoms with Crippen LogP contribution in [0.15, 0.2) is 16.6 Å². The first-order valence-electron chi connectivity index (χ1n) is 6.94. The first kappa shape index (κ1) is 14.0. The predicted molar refractivity (Wildman–Crippen MR) is 75.8 cm³/mol. The summed E-state index contributed by atoms with van der Waals surface area (Å²) in [5.74, 6) is -0.740. The summed E-state index contributed by atoms with van der Waals surface area (Å²) in [5, 5.41) is 4.92. The average Bonchev–Trinajstić information content (AvgIpc) is 2.77. The topological polar surface area (TPSA) is 76.7 Å². The van der Waals surface area contributed by atoms with Gasteiger partial charge < -0.3 is 14.8 Å². The van der Waals surface area contributed by atoms with Gasteiger partial charge in [0.25, 0.3) is 5.91 Å². The lowest BCUT2D eigenvalue weighted by atomic mass is 9.77. The van der Waals surface area contributed by atoms with Crippen molar-refractivity contribution < 1.29 is 23.5 Å². The maximum Gasteiger partial charge on any atom is 0.322 e. The Kier molecular flexibility index (Phi) is 2.96. The molecule has 8 heteroatoms. The summed E-state index contributed by atoms with van der Waals surface area (Å²) in [4.78, 5) is 24.3. The molecule has 2 fully saturated rings. The van der Waals surface area contributed by atoms with E-state index in [4.69, 9.17) is 9.47 Å². The molecule has 3 aliphatic heterocycles. The number of rotatable bonds is 0. The van der Waals surface area contributed by atoms with Gasteiger partial charge >= 0.3 is 6.03 Å². The molecule has 3 atom stereocenters. The monoisotopic (exact) mass is 370 g/mol. The highest BCUT2D eigenvalue weighted by Crippen LogP contribution is 2.46. The molecule has 3 aliphatic rings. The fourth-order valence-electron chi connectivity index (χ4n) is 3.39. The third-order valence-electron chi connectivity index (χ3n) is 4.32. The Labute approximate surface area is 133 Å². The molecule has 1 spiro atoms. The van der Waals surface area contributed by atoms with Crippen LogP contribution in [0.2, 0.25) is 0 Å². The minimum atomic E-state index is -1.38. The molecule has 1 aromatic rings. The van der Waals surface area contributed by atoms with E-state index in [1.165, 1.54) is 12.1 Å². The van der Waals surface area contributed by atoms with Crippen LogP contribution in [0.4, 0.5) is 9.18 Å². The number of imide groups is 1. The number of carbonyl (C=O) groups excluding carboxylic acids is 2. The lowest BCUT2D eigenvalue weighted by molar-refractivity contribution is -0.148. The fourth-order valence-corrected chi connectivity index (χ4v) is 3.73. The van der Waals surface area contributed by atoms with E-state index in [1.807, 2.05) is 0 Å². The van der Waals surface area contributed by atoms with Crippen molar-refractivity contribution in [1.82, 2.24) is 10.6 Å². The predicted octanol–water partition coefficient (Wildman–Crippen LogP) is 1.56. The SMILES string of the molecule is O=C1NC(=O)[C@]2(N1)c1cc(Br)c(F)cc1O[C@H]1CCCO[C@@H]12. The number of ether oxygens (including phenoxy) is 2. The van der Waals surface area contributed by atoms with Crippen molar-refractivity contribution in [2.75, 3.05) is 6.61 Å². The molecule has 116 valence electrons. The van der Waals surface area contributed by atoms with E-state index >= 15 is 0 Å². The number of halogens is 2. The van der Waals surface area contributed by atoms with Crippen LogP contribution in [0.5, 0.6) is 5.75 Å². The number of nitrogens with one attached hydrogen (secondary N) is 2. The van der Waals surface area contributed by atoms with Gasteiger partial charge in [0.15, 0.2) is 5.54 Å². The molecule has 2 N–H and O–H groups in total. The summed E-state index contributed by atoms with van der Waals surface area (Å²) in [6.45, 7) is 0.479. The van der Waals surface area contributed by atoms with Crippen LogP contribution >= 0.6 is 15.9 Å². The van der Waals surface area contributed by atoms with Gasteiger partial charge in [-0.05, 0) is 34.8 Å². The van der Waals surface area contributed by atoms with Gasteiger partial charge in [-0.15, -0.1) is 0 Å². The van der Waals surface area contributed by atoms with E-state index in [0.29, 0.717) is 18.6 Å². The van der Waals surface area contributed by atoms with Crippen molar-refractivity contribution in [3.8, 4) is 5.75 Å². The summed E-state index contributed by atoms with van der Waals surface area (Å²) in [6, 6.07) is 2.10. The van der Waals surface area contributed by atoms with Crippen LogP contribution < -0.4 is 15.4 Å². The summed E-state index contributed by atoms with van der Waals surface area (Å²) >= 11 is 3.11. The lowest BCUT2D eigenvalue weighted by Crippen LogP contribution is -2.63. The second kappa shape index (κ2) is 4.66. The summed E-state index contributed by atoms with van der Waals surface area (Å²) < 4.78 is 25.6. The quantitative estimate of drug-likeness (QED) is 0.679. The van der Waals surface area contributed by atoms with Gasteiger partial charge in [-0.1, -0.05) is 0 Å². The molecule has 6 nitrogen and oxygen atoms in total. The minimum absolute atomic E-state index is 0.192. The van der Waals surface area contributed by atoms with Crippen molar-refractivity contribution in [3.63, 3.8) is 0 Å². The summed E-state index contributed by atoms with van der Waals surface area (Å²) in [6.07, 6.45) is 0.400. The highest BCUT2D eigenvalue weighted by atomic mass is 79.9. The molecule has 3 amide bonds. The van der Waals surface area contributed by atoms with Crippen LogP contribution in [0.1, 0.15) is 18.4 Å². The van der Waals surface area contributed by atoms with E-state index in [1.54, 1.807) is 0 Å². The molecule has 22 heavy (non-hydrogen) atoms. The number of amides is 3. The van der Waals surface area contributed by atoms with Crippen LogP contribution in [-0.4, -0.2) is 30.8 Å². The Morgan fingerprint density at radius 1 is 1.36 bits per heavy atom. The van der Waals surface area contributed by atoms with Crippen LogP contribution in [0.25, 0.3) is 0 Å². The molecule has 0 aromatic heterocycles. The first-order valence-corrected chi connectivity index (χ1v) is 7.73. The molecule has 1 aromatic carbocycles. The van der Waals surface area contributed by atoms with Crippen LogP contribution in [0.3, 0.4) is 0 Å². The number of hydrogen-bond acceptors (Lipinski definition) is 4. The normalized spacial score (nSPS) is 32.8. The molecule has 2 saturated heterocycles. The smallest absolute Gasteiger partial charge is 0.322 e. The van der Waals surface area contributed by atoms with Crippen molar-refractivity contribution in [2.24, 2.45) is 0 Å². The number of fused-ring (bicyclic) bond motifs is 4. The number of urea groups is 1. The molecule has 0 bridgehead atoms. The van der Waals surface area contributed by atoms with Gasteiger partial charge in [0.05, 0.1) is 4.47 Å². The molecule has 0 saturated carbocycles. The first-order chi connectivity index (χ1) is 10.5. The molecule has 3 heterocycles. The molecule has 0 unspecified atom stereocenters. The third kappa shape index (κ3) is 1.73. The zero-order valence-electron chi connectivity index (χ0n) is 11.3. The van der Waals surface area contributed by atoms with Gasteiger partial charge in [0.1, 0.15) is 23.8 Å². The molecular formula is C14H12BrFN2O4. The molecule has 0 aliphatic carbocycles. The van der Waals surface area contributed by atoms with Crippen molar-refractivity contribution in [1.29, 1.82) is 0 Å². The third-order valence-corrected chi connectivity index (χ3v) is 4.92. The zero-order valence-corrected chi connectivity index (χ0v) is 12.9. The Morgan fingerprint density at radius 3 is 2.91 bits per heavy atom. The number of hydrogen-bond donors (Lipinski definition) is 2. The van der Waals surface area contributed by atoms with Gasteiger partial charge in [-0.2, -0.15) is 0 Å². The Balaban J connectivity index is 1.95. The Morgan fingerprint density at radius 2 is 2.18 bits per heavy atom. The van der Waals surface area contributed by atoms with Crippen molar-refractivity contribution in [3.05, 3.63) is 28.0 Å². The molecule has 0 radical (unpaired) electrons. The van der Waals surface area contributed by atoms with Crippen molar-refractivity contribution in [2.45, 2.75) is 30.6 Å². The van der Waals surface area contributed by atoms with E-state index in [2.05, 4.69) is 26.6 Å². The maximum atomic E-state index is 13.8. The second-order valence-corrected chi connectivity index (χ2v) is 6.42.